The van der Waals surface area contributed by atoms with Gasteiger partial charge in [0.25, 0.3) is 0 Å². The molecule has 0 aliphatic carbocycles. The number of hydrogen-bond acceptors (Lipinski definition) is 4. The minimum absolute atomic E-state index is 0.000715. The lowest BCUT2D eigenvalue weighted by Crippen LogP contribution is -2.37. The van der Waals surface area contributed by atoms with Crippen LogP contribution in [0.25, 0.3) is 0 Å². The summed E-state index contributed by atoms with van der Waals surface area (Å²) in [5, 5.41) is 2.74. The predicted octanol–water partition coefficient (Wildman–Crippen LogP) is 1.39. The van der Waals surface area contributed by atoms with Crippen LogP contribution < -0.4 is 16.0 Å². The third-order valence-corrected chi connectivity index (χ3v) is 3.50. The van der Waals surface area contributed by atoms with Crippen molar-refractivity contribution in [2.45, 2.75) is 12.5 Å². The van der Waals surface area contributed by atoms with Crippen molar-refractivity contribution in [1.29, 1.82) is 0 Å². The highest BCUT2D eigenvalue weighted by atomic mass is 32.1. The van der Waals surface area contributed by atoms with E-state index in [1.165, 1.54) is 13.2 Å². The molecule has 1 atom stereocenters. The van der Waals surface area contributed by atoms with Crippen LogP contribution in [0.1, 0.15) is 12.0 Å². The largest absolute Gasteiger partial charge is 0.453 e. The van der Waals surface area contributed by atoms with Gasteiger partial charge in [0.05, 0.1) is 13.2 Å². The molecule has 1 heterocycles. The second kappa shape index (κ2) is 6.04. The molecule has 0 saturated carbocycles. The second-order valence-corrected chi connectivity index (χ2v) is 5.04. The molecule has 0 aromatic heterocycles. The Balaban J connectivity index is 2.05. The fraction of sp³-hybridized carbons (Fsp3) is 0.385. The number of hydrogen-bond donors (Lipinski definition) is 2. The van der Waals surface area contributed by atoms with Crippen LogP contribution in [-0.4, -0.2) is 37.3 Å². The number of alkyl carbamates (subject to hydrolysis) is 1. The summed E-state index contributed by atoms with van der Waals surface area (Å²) in [5.41, 5.74) is 6.42. The predicted molar refractivity (Wildman–Crippen MR) is 78.4 cm³/mol. The maximum Gasteiger partial charge on any atom is 0.407 e. The van der Waals surface area contributed by atoms with Crippen LogP contribution in [0.2, 0.25) is 0 Å². The highest BCUT2D eigenvalue weighted by molar-refractivity contribution is 7.80. The molecule has 1 fully saturated rings. The molecule has 108 valence electrons. The van der Waals surface area contributed by atoms with Crippen molar-refractivity contribution in [1.82, 2.24) is 5.32 Å². The van der Waals surface area contributed by atoms with Gasteiger partial charge >= 0.3 is 6.09 Å². The molecule has 1 aromatic rings. The third-order valence-electron chi connectivity index (χ3n) is 3.28. The molecule has 1 aliphatic rings. The van der Waals surface area contributed by atoms with E-state index in [0.717, 1.165) is 18.7 Å². The van der Waals surface area contributed by atoms with E-state index >= 15 is 0 Å². The molecule has 7 heteroatoms. The number of carbonyl (C=O) groups is 1. The van der Waals surface area contributed by atoms with Crippen molar-refractivity contribution in [3.05, 3.63) is 29.6 Å². The number of rotatable bonds is 3. The summed E-state index contributed by atoms with van der Waals surface area (Å²) in [5.74, 6) is -0.431. The summed E-state index contributed by atoms with van der Waals surface area (Å²) in [7, 11) is 1.33. The summed E-state index contributed by atoms with van der Waals surface area (Å²) >= 11 is 4.77. The number of thiocarbonyl (C=S) groups is 1. The molecular formula is C13H16FN3O2S. The minimum Gasteiger partial charge on any atom is -0.453 e. The van der Waals surface area contributed by atoms with Crippen LogP contribution in [0.3, 0.4) is 0 Å². The number of benzene rings is 1. The number of halogens is 1. The van der Waals surface area contributed by atoms with Gasteiger partial charge in [-0.3, -0.25) is 0 Å². The van der Waals surface area contributed by atoms with Crippen molar-refractivity contribution in [3.63, 3.8) is 0 Å². The van der Waals surface area contributed by atoms with E-state index in [1.807, 2.05) is 4.90 Å². The standard InChI is InChI=1S/C13H16FN3O2S/c1-19-13(18)16-8-4-5-17(7-8)9-2-3-10(12(15)20)11(14)6-9/h2-3,6,8H,4-5,7H2,1H3,(H2,15,20)(H,16,18). The molecule has 0 bridgehead atoms. The van der Waals surface area contributed by atoms with Crippen LogP contribution in [-0.2, 0) is 4.74 Å². The van der Waals surface area contributed by atoms with Gasteiger partial charge in [-0.05, 0) is 24.6 Å². The van der Waals surface area contributed by atoms with E-state index in [4.69, 9.17) is 18.0 Å². The highest BCUT2D eigenvalue weighted by Crippen LogP contribution is 2.23. The third kappa shape index (κ3) is 3.16. The zero-order valence-electron chi connectivity index (χ0n) is 11.1. The van der Waals surface area contributed by atoms with E-state index in [2.05, 4.69) is 10.1 Å². The zero-order chi connectivity index (χ0) is 14.7. The van der Waals surface area contributed by atoms with E-state index in [-0.39, 0.29) is 16.6 Å². The number of ether oxygens (including phenoxy) is 1. The van der Waals surface area contributed by atoms with Crippen molar-refractivity contribution < 1.29 is 13.9 Å². The molecular weight excluding hydrogens is 281 g/mol. The molecule has 1 saturated heterocycles. The first-order chi connectivity index (χ1) is 9.51. The quantitative estimate of drug-likeness (QED) is 0.825. The Bertz CT molecular complexity index is 538. The second-order valence-electron chi connectivity index (χ2n) is 4.60. The summed E-state index contributed by atoms with van der Waals surface area (Å²) in [4.78, 5) is 13.2. The van der Waals surface area contributed by atoms with Gasteiger partial charge in [-0.25, -0.2) is 9.18 Å². The number of nitrogens with two attached hydrogens (primary N) is 1. The van der Waals surface area contributed by atoms with E-state index in [9.17, 15) is 9.18 Å². The van der Waals surface area contributed by atoms with Crippen LogP contribution in [0.4, 0.5) is 14.9 Å². The number of nitrogens with zero attached hydrogens (tertiary/aromatic N) is 1. The van der Waals surface area contributed by atoms with Crippen LogP contribution in [0.5, 0.6) is 0 Å². The van der Waals surface area contributed by atoms with Gasteiger partial charge in [0.15, 0.2) is 0 Å². The lowest BCUT2D eigenvalue weighted by Gasteiger charge is -2.19. The summed E-state index contributed by atoms with van der Waals surface area (Å²) < 4.78 is 18.4. The number of methoxy groups -OCH3 is 1. The summed E-state index contributed by atoms with van der Waals surface area (Å²) in [6.07, 6.45) is 0.334. The van der Waals surface area contributed by atoms with Crippen LogP contribution in [0, 0.1) is 5.82 Å². The Labute approximate surface area is 121 Å². The van der Waals surface area contributed by atoms with Crippen molar-refractivity contribution in [3.8, 4) is 0 Å². The SMILES string of the molecule is COC(=O)NC1CCN(c2ccc(C(N)=S)c(F)c2)C1. The molecule has 20 heavy (non-hydrogen) atoms. The first kappa shape index (κ1) is 14.5. The topological polar surface area (TPSA) is 67.6 Å². The average Bonchev–Trinajstić information content (AvgIpc) is 2.86. The monoisotopic (exact) mass is 297 g/mol. The first-order valence-electron chi connectivity index (χ1n) is 6.20. The maximum atomic E-state index is 13.8. The lowest BCUT2D eigenvalue weighted by molar-refractivity contribution is 0.167. The molecule has 1 amide bonds. The molecule has 0 radical (unpaired) electrons. The van der Waals surface area contributed by atoms with Gasteiger partial charge in [0.2, 0.25) is 0 Å². The fourth-order valence-electron chi connectivity index (χ4n) is 2.24. The molecule has 5 nitrogen and oxygen atoms in total. The Kier molecular flexibility index (Phi) is 4.39. The number of amides is 1. The van der Waals surface area contributed by atoms with Crippen molar-refractivity contribution in [2.75, 3.05) is 25.1 Å². The first-order valence-corrected chi connectivity index (χ1v) is 6.61. The summed E-state index contributed by atoms with van der Waals surface area (Å²) in [6, 6.07) is 4.77. The van der Waals surface area contributed by atoms with E-state index in [0.29, 0.717) is 6.54 Å². The normalized spacial score (nSPS) is 17.9. The van der Waals surface area contributed by atoms with Gasteiger partial charge < -0.3 is 20.7 Å². The van der Waals surface area contributed by atoms with Crippen LogP contribution >= 0.6 is 12.2 Å². The number of anilines is 1. The Morgan fingerprint density at radius 3 is 2.95 bits per heavy atom. The maximum absolute atomic E-state index is 13.8. The van der Waals surface area contributed by atoms with E-state index in [1.54, 1.807) is 12.1 Å². The van der Waals surface area contributed by atoms with Crippen molar-refractivity contribution >= 4 is 29.0 Å². The highest BCUT2D eigenvalue weighted by Gasteiger charge is 2.24. The molecule has 1 aliphatic heterocycles. The van der Waals surface area contributed by atoms with Gasteiger partial charge in [0.1, 0.15) is 10.8 Å². The Morgan fingerprint density at radius 1 is 1.60 bits per heavy atom. The Morgan fingerprint density at radius 2 is 2.35 bits per heavy atom. The number of carbonyl (C=O) groups excluding carboxylic acids is 1. The molecule has 3 N–H and O–H groups in total. The Hall–Kier alpha value is -1.89. The van der Waals surface area contributed by atoms with E-state index < -0.39 is 11.9 Å². The van der Waals surface area contributed by atoms with Gasteiger partial charge in [-0.2, -0.15) is 0 Å². The summed E-state index contributed by atoms with van der Waals surface area (Å²) in [6.45, 7) is 1.35. The number of nitrogens with one attached hydrogen (secondary N) is 1. The molecule has 1 unspecified atom stereocenters. The fourth-order valence-corrected chi connectivity index (χ4v) is 2.40. The van der Waals surface area contributed by atoms with Crippen molar-refractivity contribution in [2.24, 2.45) is 5.73 Å². The van der Waals surface area contributed by atoms with Gasteiger partial charge in [0, 0.05) is 24.3 Å². The molecule has 2 rings (SSSR count). The molecule has 0 spiro atoms. The lowest BCUT2D eigenvalue weighted by atomic mass is 10.2. The van der Waals surface area contributed by atoms with Gasteiger partial charge in [-0.1, -0.05) is 12.2 Å². The average molecular weight is 297 g/mol. The van der Waals surface area contributed by atoms with Crippen LogP contribution in [0.15, 0.2) is 18.2 Å². The zero-order valence-corrected chi connectivity index (χ0v) is 11.9. The molecule has 1 aromatic carbocycles. The minimum atomic E-state index is -0.452. The smallest absolute Gasteiger partial charge is 0.407 e. The van der Waals surface area contributed by atoms with Gasteiger partial charge in [-0.15, -0.1) is 0 Å².